The molecule has 1 atom stereocenters. The van der Waals surface area contributed by atoms with E-state index in [9.17, 15) is 14.7 Å². The van der Waals surface area contributed by atoms with Gasteiger partial charge in [0, 0.05) is 7.11 Å². The molecule has 1 amide bonds. The number of carbonyl (C=O) groups is 2. The van der Waals surface area contributed by atoms with Crippen LogP contribution in [0.3, 0.4) is 0 Å². The number of phenolic OH excluding ortho intramolecular Hbond substituents is 1. The lowest BCUT2D eigenvalue weighted by Crippen LogP contribution is -2.43. The Morgan fingerprint density at radius 3 is 2.58 bits per heavy atom. The van der Waals surface area contributed by atoms with Gasteiger partial charge in [0.05, 0.1) is 19.3 Å². The van der Waals surface area contributed by atoms with Crippen molar-refractivity contribution in [3.63, 3.8) is 0 Å². The van der Waals surface area contributed by atoms with Crippen LogP contribution < -0.4 is 10.1 Å². The van der Waals surface area contributed by atoms with Gasteiger partial charge in [-0.3, -0.25) is 4.79 Å². The number of hydrogen-bond donors (Lipinski definition) is 3. The highest BCUT2D eigenvalue weighted by Crippen LogP contribution is 2.22. The summed E-state index contributed by atoms with van der Waals surface area (Å²) in [5.74, 6) is -1.83. The molecule has 0 aliphatic rings. The lowest BCUT2D eigenvalue weighted by molar-refractivity contribution is -0.140. The van der Waals surface area contributed by atoms with Crippen molar-refractivity contribution < 1.29 is 29.3 Å². The highest BCUT2D eigenvalue weighted by atomic mass is 16.5. The third-order valence-corrected chi connectivity index (χ3v) is 2.39. The van der Waals surface area contributed by atoms with Gasteiger partial charge in [0.2, 0.25) is 0 Å². The van der Waals surface area contributed by atoms with Crippen LogP contribution >= 0.6 is 0 Å². The van der Waals surface area contributed by atoms with Gasteiger partial charge in [0.15, 0.2) is 6.04 Å². The highest BCUT2D eigenvalue weighted by molar-refractivity contribution is 5.99. The van der Waals surface area contributed by atoms with Crippen molar-refractivity contribution in [1.29, 1.82) is 0 Å². The van der Waals surface area contributed by atoms with Crippen molar-refractivity contribution in [3.05, 3.63) is 23.8 Å². The number of rotatable bonds is 6. The van der Waals surface area contributed by atoms with Gasteiger partial charge in [-0.05, 0) is 18.2 Å². The Labute approximate surface area is 109 Å². The number of nitrogens with one attached hydrogen (secondary N) is 1. The van der Waals surface area contributed by atoms with Crippen molar-refractivity contribution in [2.45, 2.75) is 6.04 Å². The minimum atomic E-state index is -1.22. The van der Waals surface area contributed by atoms with Crippen LogP contribution in [0.1, 0.15) is 10.4 Å². The van der Waals surface area contributed by atoms with E-state index in [1.54, 1.807) is 0 Å². The number of benzene rings is 1. The molecule has 3 N–H and O–H groups in total. The summed E-state index contributed by atoms with van der Waals surface area (Å²) in [6.45, 7) is -0.175. The van der Waals surface area contributed by atoms with Gasteiger partial charge in [-0.25, -0.2) is 4.79 Å². The molecule has 19 heavy (non-hydrogen) atoms. The lowest BCUT2D eigenvalue weighted by atomic mass is 10.1. The van der Waals surface area contributed by atoms with E-state index in [4.69, 9.17) is 14.6 Å². The Kier molecular flexibility index (Phi) is 5.13. The van der Waals surface area contributed by atoms with Gasteiger partial charge in [0.1, 0.15) is 11.5 Å². The first-order valence-corrected chi connectivity index (χ1v) is 5.39. The average molecular weight is 269 g/mol. The smallest absolute Gasteiger partial charge is 0.328 e. The van der Waals surface area contributed by atoms with E-state index >= 15 is 0 Å². The van der Waals surface area contributed by atoms with Gasteiger partial charge < -0.3 is 25.0 Å². The Morgan fingerprint density at radius 2 is 2.05 bits per heavy atom. The molecule has 0 aliphatic heterocycles. The number of phenols is 1. The predicted molar refractivity (Wildman–Crippen MR) is 65.4 cm³/mol. The number of carboxylic acid groups (broad SMARTS) is 1. The number of carboxylic acids is 1. The zero-order valence-corrected chi connectivity index (χ0v) is 10.5. The molecule has 7 nitrogen and oxygen atoms in total. The largest absolute Gasteiger partial charge is 0.507 e. The van der Waals surface area contributed by atoms with Crippen molar-refractivity contribution >= 4 is 11.9 Å². The molecular weight excluding hydrogens is 254 g/mol. The maximum absolute atomic E-state index is 11.9. The minimum Gasteiger partial charge on any atom is -0.507 e. The normalized spacial score (nSPS) is 11.7. The number of aromatic hydroxyl groups is 1. The SMILES string of the molecule is COCC(NC(=O)c1cc(OC)ccc1O)C(=O)O. The first-order valence-electron chi connectivity index (χ1n) is 5.39. The van der Waals surface area contributed by atoms with E-state index in [1.165, 1.54) is 32.4 Å². The molecule has 0 heterocycles. The van der Waals surface area contributed by atoms with Crippen LogP contribution in [-0.2, 0) is 9.53 Å². The van der Waals surface area contributed by atoms with E-state index in [0.29, 0.717) is 5.75 Å². The van der Waals surface area contributed by atoms with Crippen LogP contribution in [0.25, 0.3) is 0 Å². The van der Waals surface area contributed by atoms with Crippen molar-refractivity contribution in [3.8, 4) is 11.5 Å². The molecular formula is C12H15NO6. The van der Waals surface area contributed by atoms with E-state index in [-0.39, 0.29) is 17.9 Å². The molecule has 0 saturated heterocycles. The molecule has 0 aromatic heterocycles. The second-order valence-electron chi connectivity index (χ2n) is 3.70. The van der Waals surface area contributed by atoms with Crippen molar-refractivity contribution in [2.75, 3.05) is 20.8 Å². The highest BCUT2D eigenvalue weighted by Gasteiger charge is 2.22. The summed E-state index contributed by atoms with van der Waals surface area (Å²) in [6, 6.07) is 2.90. The first-order chi connectivity index (χ1) is 8.99. The summed E-state index contributed by atoms with van der Waals surface area (Å²) >= 11 is 0. The van der Waals surface area contributed by atoms with E-state index in [2.05, 4.69) is 5.32 Å². The number of carbonyl (C=O) groups excluding carboxylic acids is 1. The Hall–Kier alpha value is -2.28. The van der Waals surface area contributed by atoms with E-state index < -0.39 is 17.9 Å². The number of methoxy groups -OCH3 is 2. The molecule has 0 bridgehead atoms. The second-order valence-corrected chi connectivity index (χ2v) is 3.70. The number of aliphatic carboxylic acids is 1. The number of ether oxygens (including phenoxy) is 2. The Bertz CT molecular complexity index is 473. The van der Waals surface area contributed by atoms with Gasteiger partial charge in [0.25, 0.3) is 5.91 Å². The third kappa shape index (κ3) is 3.85. The lowest BCUT2D eigenvalue weighted by Gasteiger charge is -2.14. The number of amides is 1. The fraction of sp³-hybridized carbons (Fsp3) is 0.333. The summed E-state index contributed by atoms with van der Waals surface area (Å²) < 4.78 is 9.62. The fourth-order valence-electron chi connectivity index (χ4n) is 1.40. The molecule has 1 aromatic rings. The summed E-state index contributed by atoms with van der Waals surface area (Å²) in [5, 5.41) is 20.7. The van der Waals surface area contributed by atoms with Gasteiger partial charge in [-0.1, -0.05) is 0 Å². The van der Waals surface area contributed by atoms with Crippen molar-refractivity contribution in [1.82, 2.24) is 5.32 Å². The van der Waals surface area contributed by atoms with Gasteiger partial charge >= 0.3 is 5.97 Å². The fourth-order valence-corrected chi connectivity index (χ4v) is 1.40. The van der Waals surface area contributed by atoms with Crippen LogP contribution in [0.15, 0.2) is 18.2 Å². The van der Waals surface area contributed by atoms with E-state index in [0.717, 1.165) is 0 Å². The monoisotopic (exact) mass is 269 g/mol. The number of hydrogen-bond acceptors (Lipinski definition) is 5. The van der Waals surface area contributed by atoms with Crippen LogP contribution in [0.4, 0.5) is 0 Å². The molecule has 1 unspecified atom stereocenters. The summed E-state index contributed by atoms with van der Waals surface area (Å²) in [4.78, 5) is 22.8. The van der Waals surface area contributed by atoms with Gasteiger partial charge in [-0.2, -0.15) is 0 Å². The molecule has 0 saturated carbocycles. The van der Waals surface area contributed by atoms with Crippen LogP contribution in [0.2, 0.25) is 0 Å². The molecule has 7 heteroatoms. The third-order valence-electron chi connectivity index (χ3n) is 2.39. The summed E-state index contributed by atoms with van der Waals surface area (Å²) in [5.41, 5.74) is -0.0679. The van der Waals surface area contributed by atoms with Crippen molar-refractivity contribution in [2.24, 2.45) is 0 Å². The van der Waals surface area contributed by atoms with E-state index in [1.807, 2.05) is 0 Å². The average Bonchev–Trinajstić information content (AvgIpc) is 2.38. The molecule has 0 aliphatic carbocycles. The van der Waals surface area contributed by atoms with Crippen LogP contribution in [-0.4, -0.2) is 49.0 Å². The molecule has 104 valence electrons. The van der Waals surface area contributed by atoms with Crippen LogP contribution in [0, 0.1) is 0 Å². The topological polar surface area (TPSA) is 105 Å². The molecule has 0 spiro atoms. The van der Waals surface area contributed by atoms with Crippen LogP contribution in [0.5, 0.6) is 11.5 Å². The Morgan fingerprint density at radius 1 is 1.37 bits per heavy atom. The molecule has 1 rings (SSSR count). The molecule has 0 fully saturated rings. The van der Waals surface area contributed by atoms with Gasteiger partial charge in [-0.15, -0.1) is 0 Å². The maximum atomic E-state index is 11.9. The standard InChI is InChI=1S/C12H15NO6/c1-18-6-9(12(16)17)13-11(15)8-5-7(19-2)3-4-10(8)14/h3-5,9,14H,6H2,1-2H3,(H,13,15)(H,16,17). The second kappa shape index (κ2) is 6.60. The molecule has 0 radical (unpaired) electrons. The predicted octanol–water partition coefficient (Wildman–Crippen LogP) is 0.230. The first kappa shape index (κ1) is 14.8. The zero-order valence-electron chi connectivity index (χ0n) is 10.5. The Balaban J connectivity index is 2.90. The summed E-state index contributed by atoms with van der Waals surface area (Å²) in [6.07, 6.45) is 0. The molecule has 1 aromatic carbocycles. The summed E-state index contributed by atoms with van der Waals surface area (Å²) in [7, 11) is 2.74. The quantitative estimate of drug-likeness (QED) is 0.682. The minimum absolute atomic E-state index is 0.0679. The zero-order chi connectivity index (χ0) is 14.4. The maximum Gasteiger partial charge on any atom is 0.328 e.